The highest BCUT2D eigenvalue weighted by Crippen LogP contribution is 2.21. The molecule has 76 heavy (non-hydrogen) atoms. The summed E-state index contributed by atoms with van der Waals surface area (Å²) in [6, 6.07) is 9.06. The molecule has 0 aliphatic heterocycles. The van der Waals surface area contributed by atoms with Gasteiger partial charge in [0.25, 0.3) is 0 Å². The third kappa shape index (κ3) is 16.5. The molecule has 0 aliphatic rings. The molecule has 0 saturated carbocycles. The Morgan fingerprint density at radius 2 is 0.961 bits per heavy atom. The van der Waals surface area contributed by atoms with Crippen LogP contribution in [-0.2, 0) is 67.2 Å². The van der Waals surface area contributed by atoms with Crippen LogP contribution >= 0.6 is 25.3 Å². The second-order valence-electron chi connectivity index (χ2n) is 18.4. The Kier molecular flexibility index (Phi) is 21.3. The zero-order valence-corrected chi connectivity index (χ0v) is 43.8. The molecule has 25 heteroatoms. The summed E-state index contributed by atoms with van der Waals surface area (Å²) in [4.78, 5) is 139. The third-order valence-corrected chi connectivity index (χ3v) is 12.9. The van der Waals surface area contributed by atoms with Crippen molar-refractivity contribution in [1.82, 2.24) is 52.5 Å². The Morgan fingerprint density at radius 1 is 0.526 bits per heavy atom. The fourth-order valence-corrected chi connectivity index (χ4v) is 8.63. The summed E-state index contributed by atoms with van der Waals surface area (Å²) in [7, 11) is 0. The largest absolute Gasteiger partial charge is 0.508 e. The van der Waals surface area contributed by atoms with E-state index in [1.54, 1.807) is 50.5 Å². The molecule has 5 rings (SSSR count). The number of thiol groups is 2. The third-order valence-electron chi connectivity index (χ3n) is 12.2. The highest BCUT2D eigenvalue weighted by Gasteiger charge is 2.36. The Labute approximate surface area is 447 Å². The van der Waals surface area contributed by atoms with E-state index in [0.29, 0.717) is 27.6 Å². The molecule has 2 aromatic heterocycles. The molecule has 8 atom stereocenters. The first-order valence-corrected chi connectivity index (χ1v) is 25.4. The van der Waals surface area contributed by atoms with Gasteiger partial charge in [0, 0.05) is 71.9 Å². The zero-order valence-electron chi connectivity index (χ0n) is 42.0. The van der Waals surface area contributed by atoms with E-state index in [1.165, 1.54) is 38.1 Å². The number of amides is 9. The fraction of sp³-hybridized carbons (Fsp3) is 0.373. The van der Waals surface area contributed by atoms with Crippen molar-refractivity contribution >= 4 is 106 Å². The minimum atomic E-state index is -1.79. The number of hydrogen-bond donors (Lipinski definition) is 15. The van der Waals surface area contributed by atoms with Gasteiger partial charge in [0.15, 0.2) is 0 Å². The number of aliphatic carboxylic acids is 1. The van der Waals surface area contributed by atoms with Gasteiger partial charge < -0.3 is 68.4 Å². The summed E-state index contributed by atoms with van der Waals surface area (Å²) in [6.07, 6.45) is 2.00. The molecular formula is C51H63N11O12S2. The van der Waals surface area contributed by atoms with Crippen molar-refractivity contribution < 1.29 is 58.2 Å². The van der Waals surface area contributed by atoms with Crippen molar-refractivity contribution in [3.63, 3.8) is 0 Å². The summed E-state index contributed by atoms with van der Waals surface area (Å²) in [5.41, 5.74) is 8.99. The van der Waals surface area contributed by atoms with E-state index in [2.05, 4.69) is 77.8 Å². The molecule has 0 aliphatic carbocycles. The van der Waals surface area contributed by atoms with E-state index in [0.717, 1.165) is 10.9 Å². The molecular weight excluding hydrogens is 1020 g/mol. The lowest BCUT2D eigenvalue weighted by atomic mass is 10.00. The van der Waals surface area contributed by atoms with E-state index >= 15 is 0 Å². The van der Waals surface area contributed by atoms with E-state index < -0.39 is 120 Å². The number of aromatic amines is 2. The molecule has 23 nitrogen and oxygen atoms in total. The number of carbonyl (C=O) groups excluding carboxylic acids is 9. The number of H-pyrrole nitrogens is 2. The molecule has 2 heterocycles. The average molecular weight is 1090 g/mol. The second-order valence-corrected chi connectivity index (χ2v) is 19.1. The quantitative estimate of drug-likeness (QED) is 0.0304. The number of aromatic nitrogens is 2. The van der Waals surface area contributed by atoms with Crippen LogP contribution in [0.2, 0.25) is 0 Å². The van der Waals surface area contributed by atoms with Crippen LogP contribution in [0, 0.1) is 5.92 Å². The van der Waals surface area contributed by atoms with E-state index in [4.69, 9.17) is 5.73 Å². The number of benzene rings is 3. The van der Waals surface area contributed by atoms with Gasteiger partial charge >= 0.3 is 5.97 Å². The summed E-state index contributed by atoms with van der Waals surface area (Å²) in [6.45, 7) is 5.65. The Bertz CT molecular complexity index is 2930. The average Bonchev–Trinajstić information content (AvgIpc) is 3.99. The number of phenols is 1. The molecule has 3 aromatic carbocycles. The molecule has 0 saturated heterocycles. The maximum absolute atomic E-state index is 14.4. The number of aromatic hydroxyl groups is 1. The van der Waals surface area contributed by atoms with Crippen LogP contribution in [-0.4, -0.2) is 139 Å². The maximum atomic E-state index is 14.4. The van der Waals surface area contributed by atoms with Crippen LogP contribution in [0.1, 0.15) is 50.8 Å². The standard InChI is InChI=1S/C51H63N11O12S2/c1-25(2)43(51(74)61-41(24-76)50(73)59-37(17-28-13-15-31(64)16-14-28)46(69)57-36(44(52)67)18-29-21-53-34-11-7-5-9-32(29)34)62-48(71)38(19-30-22-54-35-12-8-6-10-33(30)35)60-47(70)39(20-42(65)66)58-45(68)26(3)55-49(72)40(23-75)56-27(4)63/h5-16,21-22,25-26,36-41,43,53-54,64,75-76H,17-20,23-24H2,1-4H3,(H2,52,67)(H,55,72)(H,56,63)(H,57,69)(H,58,68)(H,59,73)(H,60,70)(H,61,74)(H,62,71)(H,65,66)/t26-,36-,37-,38-,39-,40-,41-,43-/m0/s1. The highest BCUT2D eigenvalue weighted by atomic mass is 32.1. The number of carboxylic acids is 1. The van der Waals surface area contributed by atoms with Gasteiger partial charge in [0.1, 0.15) is 54.1 Å². The molecule has 0 radical (unpaired) electrons. The van der Waals surface area contributed by atoms with Crippen molar-refractivity contribution in [3.8, 4) is 5.75 Å². The van der Waals surface area contributed by atoms with Crippen LogP contribution in [0.25, 0.3) is 21.8 Å². The van der Waals surface area contributed by atoms with Crippen molar-refractivity contribution in [2.24, 2.45) is 11.7 Å². The number of para-hydroxylation sites is 2. The predicted molar refractivity (Wildman–Crippen MR) is 287 cm³/mol. The molecule has 5 aromatic rings. The lowest BCUT2D eigenvalue weighted by Crippen LogP contribution is -2.61. The number of phenolic OH excluding ortho intramolecular Hbond substituents is 1. The lowest BCUT2D eigenvalue weighted by Gasteiger charge is -2.28. The van der Waals surface area contributed by atoms with Crippen molar-refractivity contribution in [2.75, 3.05) is 11.5 Å². The number of rotatable bonds is 27. The summed E-state index contributed by atoms with van der Waals surface area (Å²) in [5, 5.41) is 41.3. The Hall–Kier alpha value is -8.06. The number of fused-ring (bicyclic) bond motifs is 2. The molecule has 9 amide bonds. The molecule has 0 unspecified atom stereocenters. The molecule has 0 fully saturated rings. The highest BCUT2D eigenvalue weighted by molar-refractivity contribution is 7.80. The summed E-state index contributed by atoms with van der Waals surface area (Å²) >= 11 is 8.37. The Balaban J connectivity index is 1.34. The number of hydrogen-bond acceptors (Lipinski definition) is 13. The van der Waals surface area contributed by atoms with Crippen LogP contribution in [0.5, 0.6) is 5.75 Å². The first kappa shape index (κ1) is 58.8. The van der Waals surface area contributed by atoms with E-state index in [9.17, 15) is 58.2 Å². The van der Waals surface area contributed by atoms with Gasteiger partial charge in [0.2, 0.25) is 53.2 Å². The Morgan fingerprint density at radius 3 is 1.47 bits per heavy atom. The van der Waals surface area contributed by atoms with E-state index in [1.807, 2.05) is 24.3 Å². The van der Waals surface area contributed by atoms with Crippen LogP contribution in [0.4, 0.5) is 0 Å². The molecule has 0 bridgehead atoms. The van der Waals surface area contributed by atoms with Crippen molar-refractivity contribution in [2.45, 2.75) is 102 Å². The molecule has 406 valence electrons. The maximum Gasteiger partial charge on any atom is 0.305 e. The SMILES string of the molecule is CC(=O)N[C@@H](CS)C(=O)N[C@@H](C)C(=O)N[C@@H](CC(=O)O)C(=O)N[C@@H](Cc1c[nH]c2ccccc12)C(=O)N[C@H](C(=O)N[C@@H](CS)C(=O)N[C@@H](Cc1ccc(O)cc1)C(=O)N[C@@H](Cc1c[nH]c2ccccc12)C(N)=O)C(C)C. The van der Waals surface area contributed by atoms with Gasteiger partial charge in [-0.05, 0) is 53.8 Å². The topological polar surface area (TPSA) is 365 Å². The molecule has 0 spiro atoms. The fourth-order valence-electron chi connectivity index (χ4n) is 8.11. The minimum Gasteiger partial charge on any atom is -0.508 e. The zero-order chi connectivity index (χ0) is 55.8. The minimum absolute atomic E-state index is 0.00906. The predicted octanol–water partition coefficient (Wildman–Crippen LogP) is -0.223. The number of nitrogens with two attached hydrogens (primary N) is 1. The van der Waals surface area contributed by atoms with E-state index in [-0.39, 0.29) is 36.5 Å². The van der Waals surface area contributed by atoms with Crippen LogP contribution < -0.4 is 48.3 Å². The van der Waals surface area contributed by atoms with Gasteiger partial charge in [-0.25, -0.2) is 0 Å². The van der Waals surface area contributed by atoms with Crippen LogP contribution in [0.15, 0.2) is 85.2 Å². The molecule has 14 N–H and O–H groups in total. The van der Waals surface area contributed by atoms with Gasteiger partial charge in [0.05, 0.1) is 6.42 Å². The summed E-state index contributed by atoms with van der Waals surface area (Å²) < 4.78 is 0. The lowest BCUT2D eigenvalue weighted by molar-refractivity contribution is -0.141. The normalized spacial score (nSPS) is 14.4. The number of carbonyl (C=O) groups is 10. The van der Waals surface area contributed by atoms with Crippen molar-refractivity contribution in [3.05, 3.63) is 102 Å². The van der Waals surface area contributed by atoms with Gasteiger partial charge in [-0.15, -0.1) is 0 Å². The van der Waals surface area contributed by atoms with Crippen LogP contribution in [0.3, 0.4) is 0 Å². The number of carboxylic acid groups (broad SMARTS) is 1. The monoisotopic (exact) mass is 1090 g/mol. The van der Waals surface area contributed by atoms with Crippen molar-refractivity contribution in [1.29, 1.82) is 0 Å². The second kappa shape index (κ2) is 27.5. The first-order chi connectivity index (χ1) is 36.1. The van der Waals surface area contributed by atoms with Gasteiger partial charge in [-0.2, -0.15) is 25.3 Å². The smallest absolute Gasteiger partial charge is 0.305 e. The number of primary amides is 1. The number of nitrogens with one attached hydrogen (secondary N) is 10. The van der Waals surface area contributed by atoms with Gasteiger partial charge in [-0.3, -0.25) is 47.9 Å². The summed E-state index contributed by atoms with van der Waals surface area (Å²) in [5.74, 6) is -10.3. The first-order valence-electron chi connectivity index (χ1n) is 24.1. The van der Waals surface area contributed by atoms with Gasteiger partial charge in [-0.1, -0.05) is 62.4 Å².